The standard InChI is InChI=1S/C9H16F3N/c10-9(11,12)7-13-8-5-3-1-2-4-6-8/h8,13H,1-7H2. The fourth-order valence-corrected chi connectivity index (χ4v) is 1.74. The van der Waals surface area contributed by atoms with Gasteiger partial charge in [-0.25, -0.2) is 0 Å². The molecule has 78 valence electrons. The van der Waals surface area contributed by atoms with Crippen LogP contribution in [0, 0.1) is 0 Å². The van der Waals surface area contributed by atoms with Crippen molar-refractivity contribution in [3.05, 3.63) is 0 Å². The molecule has 1 saturated carbocycles. The van der Waals surface area contributed by atoms with E-state index in [1.807, 2.05) is 0 Å². The van der Waals surface area contributed by atoms with Crippen LogP contribution in [0.5, 0.6) is 0 Å². The van der Waals surface area contributed by atoms with Crippen LogP contribution in [0.1, 0.15) is 38.5 Å². The van der Waals surface area contributed by atoms with E-state index in [-0.39, 0.29) is 6.04 Å². The highest BCUT2D eigenvalue weighted by Gasteiger charge is 2.28. The van der Waals surface area contributed by atoms with Crippen molar-refractivity contribution in [1.29, 1.82) is 0 Å². The van der Waals surface area contributed by atoms with Crippen LogP contribution in [0.25, 0.3) is 0 Å². The molecule has 0 aromatic heterocycles. The molecule has 0 aromatic rings. The Balaban J connectivity index is 2.19. The molecular formula is C9H16F3N. The Morgan fingerprint density at radius 1 is 1.00 bits per heavy atom. The third-order valence-electron chi connectivity index (χ3n) is 2.45. The molecule has 0 heterocycles. The van der Waals surface area contributed by atoms with Crippen LogP contribution < -0.4 is 5.32 Å². The first-order chi connectivity index (χ1) is 6.08. The van der Waals surface area contributed by atoms with Crippen LogP contribution in [0.2, 0.25) is 0 Å². The van der Waals surface area contributed by atoms with Crippen molar-refractivity contribution in [1.82, 2.24) is 5.32 Å². The van der Waals surface area contributed by atoms with Gasteiger partial charge in [0.15, 0.2) is 0 Å². The number of alkyl halides is 3. The zero-order valence-corrected chi connectivity index (χ0v) is 7.66. The number of nitrogens with one attached hydrogen (secondary N) is 1. The molecule has 0 radical (unpaired) electrons. The maximum absolute atomic E-state index is 11.8. The predicted octanol–water partition coefficient (Wildman–Crippen LogP) is 2.86. The van der Waals surface area contributed by atoms with Crippen molar-refractivity contribution < 1.29 is 13.2 Å². The van der Waals surface area contributed by atoms with Crippen LogP contribution in [0.3, 0.4) is 0 Å². The van der Waals surface area contributed by atoms with E-state index < -0.39 is 12.7 Å². The summed E-state index contributed by atoms with van der Waals surface area (Å²) >= 11 is 0. The van der Waals surface area contributed by atoms with Gasteiger partial charge >= 0.3 is 6.18 Å². The summed E-state index contributed by atoms with van der Waals surface area (Å²) in [7, 11) is 0. The summed E-state index contributed by atoms with van der Waals surface area (Å²) in [6.45, 7) is -0.836. The van der Waals surface area contributed by atoms with Gasteiger partial charge in [0.1, 0.15) is 0 Å². The summed E-state index contributed by atoms with van der Waals surface area (Å²) in [5.41, 5.74) is 0. The van der Waals surface area contributed by atoms with Crippen molar-refractivity contribution >= 4 is 0 Å². The van der Waals surface area contributed by atoms with Crippen molar-refractivity contribution in [3.63, 3.8) is 0 Å². The van der Waals surface area contributed by atoms with Crippen molar-refractivity contribution in [2.75, 3.05) is 6.54 Å². The summed E-state index contributed by atoms with van der Waals surface area (Å²) < 4.78 is 35.5. The summed E-state index contributed by atoms with van der Waals surface area (Å²) in [4.78, 5) is 0. The highest BCUT2D eigenvalue weighted by molar-refractivity contribution is 4.71. The lowest BCUT2D eigenvalue weighted by Gasteiger charge is -2.17. The Kier molecular flexibility index (Phi) is 4.03. The lowest BCUT2D eigenvalue weighted by atomic mass is 10.1. The minimum absolute atomic E-state index is 0.0872. The molecule has 1 aliphatic carbocycles. The fraction of sp³-hybridized carbons (Fsp3) is 1.00. The van der Waals surface area contributed by atoms with E-state index in [9.17, 15) is 13.2 Å². The van der Waals surface area contributed by atoms with Crippen molar-refractivity contribution in [2.45, 2.75) is 50.7 Å². The lowest BCUT2D eigenvalue weighted by molar-refractivity contribution is -0.126. The van der Waals surface area contributed by atoms with Crippen LogP contribution in [-0.2, 0) is 0 Å². The molecule has 0 aromatic carbocycles. The second kappa shape index (κ2) is 4.84. The number of halogens is 3. The summed E-state index contributed by atoms with van der Waals surface area (Å²) in [5, 5.41) is 2.58. The van der Waals surface area contributed by atoms with E-state index >= 15 is 0 Å². The summed E-state index contributed by atoms with van der Waals surface area (Å²) in [6.07, 6.45) is 2.21. The number of hydrogen-bond acceptors (Lipinski definition) is 1. The molecule has 4 heteroatoms. The van der Waals surface area contributed by atoms with E-state index in [1.165, 1.54) is 12.8 Å². The second-order valence-corrected chi connectivity index (χ2v) is 3.68. The Morgan fingerprint density at radius 3 is 2.00 bits per heavy atom. The van der Waals surface area contributed by atoms with E-state index in [4.69, 9.17) is 0 Å². The normalized spacial score (nSPS) is 21.5. The van der Waals surface area contributed by atoms with Gasteiger partial charge < -0.3 is 5.32 Å². The van der Waals surface area contributed by atoms with Gasteiger partial charge in [0.2, 0.25) is 0 Å². The van der Waals surface area contributed by atoms with Crippen molar-refractivity contribution in [2.24, 2.45) is 0 Å². The number of hydrogen-bond donors (Lipinski definition) is 1. The summed E-state index contributed by atoms with van der Waals surface area (Å²) in [5.74, 6) is 0. The molecule has 0 aliphatic heterocycles. The topological polar surface area (TPSA) is 12.0 Å². The first kappa shape index (κ1) is 10.8. The lowest BCUT2D eigenvalue weighted by Crippen LogP contribution is -2.36. The SMILES string of the molecule is FC(F)(F)CNC1CCCCCC1. The quantitative estimate of drug-likeness (QED) is 0.668. The monoisotopic (exact) mass is 195 g/mol. The molecular weight excluding hydrogens is 179 g/mol. The molecule has 0 saturated heterocycles. The van der Waals surface area contributed by atoms with Crippen LogP contribution in [0.15, 0.2) is 0 Å². The Labute approximate surface area is 76.7 Å². The largest absolute Gasteiger partial charge is 0.401 e. The Bertz CT molecular complexity index is 136. The Hall–Kier alpha value is -0.250. The third kappa shape index (κ3) is 5.13. The smallest absolute Gasteiger partial charge is 0.306 e. The third-order valence-corrected chi connectivity index (χ3v) is 2.45. The van der Waals surface area contributed by atoms with Gasteiger partial charge in [-0.15, -0.1) is 0 Å². The molecule has 1 N–H and O–H groups in total. The average Bonchev–Trinajstić information content (AvgIpc) is 2.26. The molecule has 0 amide bonds. The summed E-state index contributed by atoms with van der Waals surface area (Å²) in [6, 6.07) is 0.0872. The highest BCUT2D eigenvalue weighted by Crippen LogP contribution is 2.19. The fourth-order valence-electron chi connectivity index (χ4n) is 1.74. The van der Waals surface area contributed by atoms with Gasteiger partial charge in [0.25, 0.3) is 0 Å². The first-order valence-electron chi connectivity index (χ1n) is 4.88. The maximum Gasteiger partial charge on any atom is 0.401 e. The molecule has 1 aliphatic rings. The zero-order valence-electron chi connectivity index (χ0n) is 7.66. The predicted molar refractivity (Wildman–Crippen MR) is 45.5 cm³/mol. The molecule has 1 rings (SSSR count). The second-order valence-electron chi connectivity index (χ2n) is 3.68. The van der Waals surface area contributed by atoms with E-state index in [2.05, 4.69) is 5.32 Å². The van der Waals surface area contributed by atoms with Gasteiger partial charge in [0.05, 0.1) is 6.54 Å². The van der Waals surface area contributed by atoms with E-state index in [1.54, 1.807) is 0 Å². The minimum atomic E-state index is -4.06. The molecule has 0 unspecified atom stereocenters. The van der Waals surface area contributed by atoms with Gasteiger partial charge in [-0.1, -0.05) is 25.7 Å². The van der Waals surface area contributed by atoms with E-state index in [0.29, 0.717) is 0 Å². The van der Waals surface area contributed by atoms with Crippen LogP contribution >= 0.6 is 0 Å². The number of rotatable bonds is 2. The molecule has 0 spiro atoms. The molecule has 1 nitrogen and oxygen atoms in total. The van der Waals surface area contributed by atoms with Gasteiger partial charge in [0, 0.05) is 6.04 Å². The van der Waals surface area contributed by atoms with Crippen LogP contribution in [0.4, 0.5) is 13.2 Å². The molecule has 1 fully saturated rings. The van der Waals surface area contributed by atoms with Crippen molar-refractivity contribution in [3.8, 4) is 0 Å². The van der Waals surface area contributed by atoms with Crippen LogP contribution in [-0.4, -0.2) is 18.8 Å². The van der Waals surface area contributed by atoms with E-state index in [0.717, 1.165) is 25.7 Å². The first-order valence-corrected chi connectivity index (χ1v) is 4.88. The molecule has 0 atom stereocenters. The van der Waals surface area contributed by atoms with Gasteiger partial charge in [-0.05, 0) is 12.8 Å². The van der Waals surface area contributed by atoms with Gasteiger partial charge in [-0.2, -0.15) is 13.2 Å². The zero-order chi connectivity index (χ0) is 9.73. The minimum Gasteiger partial charge on any atom is -0.306 e. The Morgan fingerprint density at radius 2 is 1.54 bits per heavy atom. The molecule has 13 heavy (non-hydrogen) atoms. The van der Waals surface area contributed by atoms with Gasteiger partial charge in [-0.3, -0.25) is 0 Å². The maximum atomic E-state index is 11.8. The average molecular weight is 195 g/mol. The molecule has 0 bridgehead atoms. The highest BCUT2D eigenvalue weighted by atomic mass is 19.4.